The van der Waals surface area contributed by atoms with Crippen molar-refractivity contribution in [2.24, 2.45) is 11.8 Å². The standard InChI is InChI=1S/C42H42FN3O6/c1-26-39(41(2,3)43)36(21-37(48)44-23-29-11-5-4-10-28(29)20-31(44)24-47)52-42(26)32-12-6-7-13-33(32)45(40(42)50)22-27-16-18-30(19-17-27)46-34-14-8-9-15-35(34)51-25-38(46)49/h4-19,26,31,36,39,47H,20-25H2,1-3H3/t26-,31+,36+,39-,42+/m1/s1. The number of fused-ring (bicyclic) bond motifs is 4. The van der Waals surface area contributed by atoms with Gasteiger partial charge < -0.3 is 24.4 Å². The lowest BCUT2D eigenvalue weighted by Crippen LogP contribution is -2.48. The average molecular weight is 704 g/mol. The predicted octanol–water partition coefficient (Wildman–Crippen LogP) is 6.22. The van der Waals surface area contributed by atoms with Crippen molar-refractivity contribution in [2.75, 3.05) is 23.0 Å². The molecule has 0 radical (unpaired) electrons. The van der Waals surface area contributed by atoms with Crippen LogP contribution in [0.5, 0.6) is 5.75 Å². The molecule has 1 fully saturated rings. The maximum Gasteiger partial charge on any atom is 0.269 e. The first-order chi connectivity index (χ1) is 25.0. The molecule has 4 heterocycles. The number of benzene rings is 4. The molecule has 3 amide bonds. The van der Waals surface area contributed by atoms with Gasteiger partial charge in [0, 0.05) is 29.6 Å². The van der Waals surface area contributed by atoms with Gasteiger partial charge in [-0.15, -0.1) is 0 Å². The summed E-state index contributed by atoms with van der Waals surface area (Å²) in [5, 5.41) is 10.3. The first-order valence-electron chi connectivity index (χ1n) is 17.9. The van der Waals surface area contributed by atoms with Crippen LogP contribution < -0.4 is 14.5 Å². The monoisotopic (exact) mass is 703 g/mol. The summed E-state index contributed by atoms with van der Waals surface area (Å²) in [5.74, 6) is -1.47. The third kappa shape index (κ3) is 5.47. The van der Waals surface area contributed by atoms with Crippen LogP contribution in [0.4, 0.5) is 21.5 Å². The maximum atomic E-state index is 16.3. The fraction of sp³-hybridized carbons (Fsp3) is 0.357. The van der Waals surface area contributed by atoms with E-state index in [1.807, 2.05) is 104 Å². The molecular weight excluding hydrogens is 661 g/mol. The number of ether oxygens (including phenoxy) is 2. The molecule has 268 valence electrons. The maximum absolute atomic E-state index is 16.3. The summed E-state index contributed by atoms with van der Waals surface area (Å²) in [4.78, 5) is 46.8. The van der Waals surface area contributed by atoms with Gasteiger partial charge in [-0.05, 0) is 67.3 Å². The Morgan fingerprint density at radius 3 is 2.33 bits per heavy atom. The van der Waals surface area contributed by atoms with Gasteiger partial charge in [-0.2, -0.15) is 0 Å². The van der Waals surface area contributed by atoms with Crippen molar-refractivity contribution in [2.45, 2.75) is 70.1 Å². The number of rotatable bonds is 7. The number of anilines is 3. The summed E-state index contributed by atoms with van der Waals surface area (Å²) in [6.45, 7) is 5.15. The number of amides is 3. The summed E-state index contributed by atoms with van der Waals surface area (Å²) in [6, 6.07) is 29.8. The van der Waals surface area contributed by atoms with E-state index in [0.29, 0.717) is 41.3 Å². The average Bonchev–Trinajstić information content (AvgIpc) is 3.57. The molecule has 0 saturated carbocycles. The van der Waals surface area contributed by atoms with Gasteiger partial charge in [0.05, 0.1) is 43.1 Å². The van der Waals surface area contributed by atoms with Crippen LogP contribution in [0.1, 0.15) is 49.4 Å². The van der Waals surface area contributed by atoms with Crippen molar-refractivity contribution in [1.29, 1.82) is 0 Å². The summed E-state index contributed by atoms with van der Waals surface area (Å²) in [7, 11) is 0. The topological polar surface area (TPSA) is 99.6 Å². The van der Waals surface area contributed by atoms with Crippen LogP contribution in [-0.4, -0.2) is 58.8 Å². The molecule has 0 bridgehead atoms. The van der Waals surface area contributed by atoms with Crippen molar-refractivity contribution >= 4 is 34.8 Å². The third-order valence-electron chi connectivity index (χ3n) is 11.4. The van der Waals surface area contributed by atoms with Gasteiger partial charge >= 0.3 is 0 Å². The molecule has 4 aromatic carbocycles. The van der Waals surface area contributed by atoms with Crippen molar-refractivity contribution in [3.8, 4) is 5.75 Å². The van der Waals surface area contributed by atoms with Gasteiger partial charge in [-0.25, -0.2) is 4.39 Å². The molecule has 8 rings (SSSR count). The molecule has 0 aromatic heterocycles. The molecule has 1 spiro atoms. The molecule has 4 aliphatic rings. The molecular formula is C42H42FN3O6. The zero-order chi connectivity index (χ0) is 36.4. The largest absolute Gasteiger partial charge is 0.482 e. The van der Waals surface area contributed by atoms with Crippen LogP contribution in [0.15, 0.2) is 97.1 Å². The quantitative estimate of drug-likeness (QED) is 0.246. The molecule has 0 aliphatic carbocycles. The summed E-state index contributed by atoms with van der Waals surface area (Å²) in [6.07, 6.45) is -0.479. The lowest BCUT2D eigenvalue weighted by atomic mass is 9.71. The molecule has 10 heteroatoms. The van der Waals surface area contributed by atoms with E-state index in [4.69, 9.17) is 9.47 Å². The minimum Gasteiger partial charge on any atom is -0.482 e. The van der Waals surface area contributed by atoms with Crippen molar-refractivity contribution in [3.63, 3.8) is 0 Å². The third-order valence-corrected chi connectivity index (χ3v) is 11.4. The van der Waals surface area contributed by atoms with E-state index < -0.39 is 35.3 Å². The number of halogens is 1. The molecule has 5 atom stereocenters. The highest BCUT2D eigenvalue weighted by Crippen LogP contribution is 2.58. The van der Waals surface area contributed by atoms with Crippen molar-refractivity contribution < 1.29 is 33.4 Å². The fourth-order valence-corrected chi connectivity index (χ4v) is 9.01. The zero-order valence-electron chi connectivity index (χ0n) is 29.5. The highest BCUT2D eigenvalue weighted by atomic mass is 19.1. The summed E-state index contributed by atoms with van der Waals surface area (Å²) in [5.41, 5.74) is 2.36. The highest BCUT2D eigenvalue weighted by Gasteiger charge is 2.66. The Morgan fingerprint density at radius 2 is 1.60 bits per heavy atom. The van der Waals surface area contributed by atoms with Gasteiger partial charge in [0.1, 0.15) is 11.4 Å². The number of carbonyl (C=O) groups is 3. The Hall–Kier alpha value is -5.06. The zero-order valence-corrected chi connectivity index (χ0v) is 29.5. The van der Waals surface area contributed by atoms with Gasteiger partial charge in [-0.3, -0.25) is 19.3 Å². The van der Waals surface area contributed by atoms with E-state index in [1.54, 1.807) is 14.7 Å². The first-order valence-corrected chi connectivity index (χ1v) is 17.9. The number of carbonyl (C=O) groups excluding carboxylic acids is 3. The van der Waals surface area contributed by atoms with Crippen LogP contribution in [0.2, 0.25) is 0 Å². The highest BCUT2D eigenvalue weighted by molar-refractivity contribution is 6.08. The lowest BCUT2D eigenvalue weighted by molar-refractivity contribution is -0.151. The number of aliphatic hydroxyl groups excluding tert-OH is 1. The van der Waals surface area contributed by atoms with E-state index in [1.165, 1.54) is 13.8 Å². The minimum absolute atomic E-state index is 0.0601. The summed E-state index contributed by atoms with van der Waals surface area (Å²) < 4.78 is 28.7. The van der Waals surface area contributed by atoms with E-state index in [9.17, 15) is 19.5 Å². The van der Waals surface area contributed by atoms with Gasteiger partial charge in [-0.1, -0.05) is 73.7 Å². The number of hydrogen-bond donors (Lipinski definition) is 1. The second kappa shape index (κ2) is 12.9. The van der Waals surface area contributed by atoms with E-state index >= 15 is 4.39 Å². The number of nitrogens with zero attached hydrogens (tertiary/aromatic N) is 3. The van der Waals surface area contributed by atoms with Crippen LogP contribution >= 0.6 is 0 Å². The van der Waals surface area contributed by atoms with E-state index in [2.05, 4.69) is 0 Å². The van der Waals surface area contributed by atoms with Crippen LogP contribution in [0.3, 0.4) is 0 Å². The number of aliphatic hydroxyl groups is 1. The fourth-order valence-electron chi connectivity index (χ4n) is 9.01. The van der Waals surface area contributed by atoms with Crippen LogP contribution in [0.25, 0.3) is 0 Å². The van der Waals surface area contributed by atoms with Gasteiger partial charge in [0.15, 0.2) is 12.2 Å². The Bertz CT molecular complexity index is 2050. The Kier molecular flexibility index (Phi) is 8.42. The SMILES string of the molecule is C[C@@H]1[C@@H](C(C)(C)F)[C@H](CC(=O)N2Cc3ccccc3C[C@H]2CO)O[C@@]12C(=O)N(Cc1ccc(N3C(=O)COc4ccccc43)cc1)c1ccccc12. The minimum atomic E-state index is -1.77. The van der Waals surface area contributed by atoms with E-state index in [-0.39, 0.29) is 43.9 Å². The number of hydrogen-bond acceptors (Lipinski definition) is 6. The molecule has 4 aromatic rings. The van der Waals surface area contributed by atoms with Crippen molar-refractivity contribution in [1.82, 2.24) is 4.90 Å². The Labute approximate surface area is 302 Å². The number of para-hydroxylation sites is 3. The van der Waals surface area contributed by atoms with Gasteiger partial charge in [0.25, 0.3) is 11.8 Å². The molecule has 1 saturated heterocycles. The molecule has 9 nitrogen and oxygen atoms in total. The molecule has 52 heavy (non-hydrogen) atoms. The lowest BCUT2D eigenvalue weighted by Gasteiger charge is -2.37. The molecule has 0 unspecified atom stereocenters. The van der Waals surface area contributed by atoms with Crippen LogP contribution in [-0.2, 0) is 44.2 Å². The molecule has 4 aliphatic heterocycles. The second-order valence-electron chi connectivity index (χ2n) is 14.9. The van der Waals surface area contributed by atoms with E-state index in [0.717, 1.165) is 16.7 Å². The Balaban J connectivity index is 1.08. The molecule has 1 N–H and O–H groups in total. The predicted molar refractivity (Wildman–Crippen MR) is 194 cm³/mol. The number of alkyl halides is 1. The normalized spacial score (nSPS) is 25.2. The smallest absolute Gasteiger partial charge is 0.269 e. The first kappa shape index (κ1) is 34.0. The second-order valence-corrected chi connectivity index (χ2v) is 14.9. The van der Waals surface area contributed by atoms with Gasteiger partial charge in [0.2, 0.25) is 5.91 Å². The van der Waals surface area contributed by atoms with Crippen LogP contribution in [0, 0.1) is 11.8 Å². The Morgan fingerprint density at radius 1 is 0.923 bits per heavy atom. The summed E-state index contributed by atoms with van der Waals surface area (Å²) >= 11 is 0. The van der Waals surface area contributed by atoms with Crippen molar-refractivity contribution in [3.05, 3.63) is 119 Å².